The van der Waals surface area contributed by atoms with Crippen molar-refractivity contribution in [2.45, 2.75) is 31.0 Å². The number of hydrogen-bond acceptors (Lipinski definition) is 5. The van der Waals surface area contributed by atoms with Gasteiger partial charge in [0.05, 0.1) is 17.4 Å². The molecule has 2 atom stereocenters. The minimum Gasteiger partial charge on any atom is -0.420 e. The van der Waals surface area contributed by atoms with Crippen LogP contribution in [0.1, 0.15) is 19.7 Å². The second kappa shape index (κ2) is 6.54. The van der Waals surface area contributed by atoms with Crippen molar-refractivity contribution in [3.63, 3.8) is 0 Å². The fraction of sp³-hybridized carbons (Fsp3) is 0.385. The molecule has 0 bridgehead atoms. The number of aliphatic hydroxyl groups excluding tert-OH is 1. The zero-order chi connectivity index (χ0) is 13.8. The number of aromatic nitrogens is 2. The maximum absolute atomic E-state index is 9.42. The van der Waals surface area contributed by atoms with Gasteiger partial charge in [-0.3, -0.25) is 0 Å². The van der Waals surface area contributed by atoms with Crippen LogP contribution in [0.4, 0.5) is 0 Å². The summed E-state index contributed by atoms with van der Waals surface area (Å²) in [5, 5.41) is 17.6. The van der Waals surface area contributed by atoms with Gasteiger partial charge >= 0.3 is 0 Å². The first-order valence-electron chi connectivity index (χ1n) is 5.95. The topological polar surface area (TPSA) is 59.2 Å². The average Bonchev–Trinajstić information content (AvgIpc) is 2.85. The second-order valence-corrected chi connectivity index (χ2v) is 6.46. The third-order valence-electron chi connectivity index (χ3n) is 2.72. The maximum atomic E-state index is 9.42. The zero-order valence-electron chi connectivity index (χ0n) is 10.7. The lowest BCUT2D eigenvalue weighted by Crippen LogP contribution is -2.15. The first-order valence-corrected chi connectivity index (χ1v) is 7.79. The Labute approximate surface area is 124 Å². The normalized spacial score (nSPS) is 14.3. The fourth-order valence-electron chi connectivity index (χ4n) is 1.40. The molecule has 6 heteroatoms. The van der Waals surface area contributed by atoms with Gasteiger partial charge in [0.15, 0.2) is 0 Å². The molecule has 0 saturated heterocycles. The highest BCUT2D eigenvalue weighted by Gasteiger charge is 2.14. The van der Waals surface area contributed by atoms with E-state index in [1.54, 1.807) is 18.7 Å². The molecule has 0 aliphatic heterocycles. The molecule has 0 radical (unpaired) electrons. The van der Waals surface area contributed by atoms with Crippen molar-refractivity contribution in [1.29, 1.82) is 0 Å². The van der Waals surface area contributed by atoms with E-state index in [0.717, 1.165) is 10.0 Å². The summed E-state index contributed by atoms with van der Waals surface area (Å²) in [4.78, 5) is 0. The molecule has 1 heterocycles. The number of nitrogens with zero attached hydrogens (tertiary/aromatic N) is 2. The SMILES string of the molecule is CC(O)C(C)SCc1nnc(-c2ccccc2Br)o1. The van der Waals surface area contributed by atoms with E-state index < -0.39 is 0 Å². The molecule has 0 saturated carbocycles. The third-order valence-corrected chi connectivity index (χ3v) is 4.74. The molecule has 19 heavy (non-hydrogen) atoms. The van der Waals surface area contributed by atoms with Crippen molar-refractivity contribution in [3.05, 3.63) is 34.6 Å². The summed E-state index contributed by atoms with van der Waals surface area (Å²) in [6.07, 6.45) is -0.351. The van der Waals surface area contributed by atoms with Crippen molar-refractivity contribution in [3.8, 4) is 11.5 Å². The molecular formula is C13H15BrN2O2S. The lowest BCUT2D eigenvalue weighted by molar-refractivity contribution is 0.196. The Morgan fingerprint density at radius 1 is 1.32 bits per heavy atom. The van der Waals surface area contributed by atoms with Crippen LogP contribution in [0.15, 0.2) is 33.2 Å². The third kappa shape index (κ3) is 3.81. The Hall–Kier alpha value is -0.850. The Balaban J connectivity index is 2.06. The second-order valence-electron chi connectivity index (χ2n) is 4.24. The molecule has 2 unspecified atom stereocenters. The summed E-state index contributed by atoms with van der Waals surface area (Å²) in [6.45, 7) is 3.75. The molecule has 1 N–H and O–H groups in total. The number of hydrogen-bond donors (Lipinski definition) is 1. The molecule has 1 aromatic carbocycles. The van der Waals surface area contributed by atoms with E-state index >= 15 is 0 Å². The van der Waals surface area contributed by atoms with E-state index in [1.807, 2.05) is 31.2 Å². The summed E-state index contributed by atoms with van der Waals surface area (Å²) in [5.41, 5.74) is 0.884. The minimum absolute atomic E-state index is 0.138. The summed E-state index contributed by atoms with van der Waals surface area (Å²) in [5.74, 6) is 1.68. The van der Waals surface area contributed by atoms with Gasteiger partial charge in [0.25, 0.3) is 0 Å². The first-order chi connectivity index (χ1) is 9.08. The van der Waals surface area contributed by atoms with E-state index in [2.05, 4.69) is 26.1 Å². The van der Waals surface area contributed by atoms with Gasteiger partial charge in [-0.2, -0.15) is 0 Å². The highest BCUT2D eigenvalue weighted by molar-refractivity contribution is 9.10. The monoisotopic (exact) mass is 342 g/mol. The number of thioether (sulfide) groups is 1. The highest BCUT2D eigenvalue weighted by atomic mass is 79.9. The Morgan fingerprint density at radius 2 is 2.05 bits per heavy atom. The molecule has 2 rings (SSSR count). The van der Waals surface area contributed by atoms with Gasteiger partial charge in [-0.1, -0.05) is 19.1 Å². The van der Waals surface area contributed by atoms with Gasteiger partial charge in [-0.15, -0.1) is 22.0 Å². The summed E-state index contributed by atoms with van der Waals surface area (Å²) < 4.78 is 6.55. The van der Waals surface area contributed by atoms with Crippen LogP contribution in [0.2, 0.25) is 0 Å². The van der Waals surface area contributed by atoms with Gasteiger partial charge < -0.3 is 9.52 Å². The smallest absolute Gasteiger partial charge is 0.248 e. The van der Waals surface area contributed by atoms with Crippen molar-refractivity contribution in [2.75, 3.05) is 0 Å². The van der Waals surface area contributed by atoms with Crippen LogP contribution in [-0.2, 0) is 5.75 Å². The minimum atomic E-state index is -0.351. The lowest BCUT2D eigenvalue weighted by Gasteiger charge is -2.11. The van der Waals surface area contributed by atoms with Crippen LogP contribution in [0, 0.1) is 0 Å². The summed E-state index contributed by atoms with van der Waals surface area (Å²) in [7, 11) is 0. The van der Waals surface area contributed by atoms with Gasteiger partial charge in [-0.05, 0) is 35.0 Å². The molecule has 0 aliphatic rings. The van der Waals surface area contributed by atoms with E-state index in [0.29, 0.717) is 17.5 Å². The largest absolute Gasteiger partial charge is 0.420 e. The van der Waals surface area contributed by atoms with Crippen LogP contribution in [0.5, 0.6) is 0 Å². The fourth-order valence-corrected chi connectivity index (χ4v) is 2.65. The molecule has 0 aliphatic carbocycles. The van der Waals surface area contributed by atoms with Crippen molar-refractivity contribution < 1.29 is 9.52 Å². The highest BCUT2D eigenvalue weighted by Crippen LogP contribution is 2.28. The summed E-state index contributed by atoms with van der Waals surface area (Å²) >= 11 is 5.05. The standard InChI is InChI=1S/C13H15BrN2O2S/c1-8(17)9(2)19-7-12-15-16-13(18-12)10-5-3-4-6-11(10)14/h3-6,8-9,17H,7H2,1-2H3. The van der Waals surface area contributed by atoms with E-state index in [9.17, 15) is 5.11 Å². The van der Waals surface area contributed by atoms with E-state index in [4.69, 9.17) is 4.42 Å². The molecule has 0 amide bonds. The van der Waals surface area contributed by atoms with Crippen LogP contribution in [-0.4, -0.2) is 26.7 Å². The summed E-state index contributed by atoms with van der Waals surface area (Å²) in [6, 6.07) is 7.72. The Morgan fingerprint density at radius 3 is 2.74 bits per heavy atom. The lowest BCUT2D eigenvalue weighted by atomic mass is 10.2. The van der Waals surface area contributed by atoms with Crippen molar-refractivity contribution in [2.24, 2.45) is 0 Å². The molecule has 0 spiro atoms. The van der Waals surface area contributed by atoms with Gasteiger partial charge in [0, 0.05) is 9.72 Å². The molecule has 4 nitrogen and oxygen atoms in total. The van der Waals surface area contributed by atoms with Gasteiger partial charge in [0.1, 0.15) is 0 Å². The van der Waals surface area contributed by atoms with E-state index in [1.165, 1.54) is 0 Å². The van der Waals surface area contributed by atoms with Crippen LogP contribution in [0.3, 0.4) is 0 Å². The predicted molar refractivity (Wildman–Crippen MR) is 79.9 cm³/mol. The molecular weight excluding hydrogens is 328 g/mol. The van der Waals surface area contributed by atoms with Crippen molar-refractivity contribution >= 4 is 27.7 Å². The van der Waals surface area contributed by atoms with Crippen molar-refractivity contribution in [1.82, 2.24) is 10.2 Å². The Kier molecular flexibility index (Phi) is 5.01. The quantitative estimate of drug-likeness (QED) is 0.900. The molecule has 1 aromatic heterocycles. The first kappa shape index (κ1) is 14.6. The molecule has 102 valence electrons. The van der Waals surface area contributed by atoms with E-state index in [-0.39, 0.29) is 11.4 Å². The number of rotatable bonds is 5. The number of aliphatic hydroxyl groups is 1. The predicted octanol–water partition coefficient (Wildman–Crippen LogP) is 3.50. The van der Waals surface area contributed by atoms with Crippen LogP contribution >= 0.6 is 27.7 Å². The number of halogens is 1. The molecule has 0 fully saturated rings. The van der Waals surface area contributed by atoms with Gasteiger partial charge in [0.2, 0.25) is 11.8 Å². The Bertz CT molecular complexity index is 545. The van der Waals surface area contributed by atoms with Gasteiger partial charge in [-0.25, -0.2) is 0 Å². The maximum Gasteiger partial charge on any atom is 0.248 e. The molecule has 2 aromatic rings. The average molecular weight is 343 g/mol. The zero-order valence-corrected chi connectivity index (χ0v) is 13.1. The van der Waals surface area contributed by atoms with Crippen LogP contribution in [0.25, 0.3) is 11.5 Å². The van der Waals surface area contributed by atoms with Crippen LogP contribution < -0.4 is 0 Å². The number of benzene rings is 1.